The summed E-state index contributed by atoms with van der Waals surface area (Å²) >= 11 is 5.95. The molecular weight excluding hydrogens is 384 g/mol. The van der Waals surface area contributed by atoms with Crippen molar-refractivity contribution in [2.45, 2.75) is 52.5 Å². The number of halogens is 1. The molecule has 2 unspecified atom stereocenters. The highest BCUT2D eigenvalue weighted by molar-refractivity contribution is 6.30. The maximum absolute atomic E-state index is 13.1. The Morgan fingerprint density at radius 3 is 2.18 bits per heavy atom. The molecule has 3 N–H and O–H groups in total. The molecule has 28 heavy (non-hydrogen) atoms. The Hall–Kier alpha value is -2.12. The Morgan fingerprint density at radius 2 is 1.75 bits per heavy atom. The average Bonchev–Trinajstić information content (AvgIpc) is 2.65. The van der Waals surface area contributed by atoms with Crippen LogP contribution in [0.5, 0.6) is 0 Å². The summed E-state index contributed by atoms with van der Waals surface area (Å²) in [5.74, 6) is -2.82. The fourth-order valence-corrected chi connectivity index (χ4v) is 3.25. The molecule has 8 heteroatoms. The Kier molecular flexibility index (Phi) is 8.91. The summed E-state index contributed by atoms with van der Waals surface area (Å²) in [6, 6.07) is 6.15. The van der Waals surface area contributed by atoms with Crippen LogP contribution in [0.25, 0.3) is 0 Å². The van der Waals surface area contributed by atoms with Gasteiger partial charge in [0.25, 0.3) is 0 Å². The third kappa shape index (κ3) is 6.49. The average molecular weight is 413 g/mol. The smallest absolute Gasteiger partial charge is 0.328 e. The second-order valence-corrected chi connectivity index (χ2v) is 8.18. The van der Waals surface area contributed by atoms with Crippen molar-refractivity contribution in [1.82, 2.24) is 10.8 Å². The highest BCUT2D eigenvalue weighted by Gasteiger charge is 2.38. The number of hydrogen-bond acceptors (Lipinski definition) is 5. The van der Waals surface area contributed by atoms with E-state index in [0.717, 1.165) is 5.56 Å². The highest BCUT2D eigenvalue weighted by Crippen LogP contribution is 2.32. The van der Waals surface area contributed by atoms with Crippen LogP contribution < -0.4 is 10.8 Å². The number of amides is 2. The minimum absolute atomic E-state index is 0.235. The van der Waals surface area contributed by atoms with Gasteiger partial charge in [0.1, 0.15) is 6.04 Å². The van der Waals surface area contributed by atoms with Crippen LogP contribution in [0.4, 0.5) is 0 Å². The van der Waals surface area contributed by atoms with Crippen LogP contribution in [0.2, 0.25) is 5.02 Å². The predicted molar refractivity (Wildman–Crippen MR) is 106 cm³/mol. The van der Waals surface area contributed by atoms with Crippen molar-refractivity contribution in [3.8, 4) is 0 Å². The molecule has 0 radical (unpaired) electrons. The maximum Gasteiger partial charge on any atom is 0.328 e. The number of methoxy groups -OCH3 is 1. The van der Waals surface area contributed by atoms with Crippen LogP contribution in [0.15, 0.2) is 24.3 Å². The van der Waals surface area contributed by atoms with Crippen LogP contribution in [0, 0.1) is 11.3 Å². The number of rotatable bonds is 8. The van der Waals surface area contributed by atoms with Crippen molar-refractivity contribution < 1.29 is 24.3 Å². The van der Waals surface area contributed by atoms with Gasteiger partial charge in [-0.15, -0.1) is 0 Å². The van der Waals surface area contributed by atoms with E-state index < -0.39 is 35.2 Å². The molecule has 156 valence electrons. The van der Waals surface area contributed by atoms with E-state index in [9.17, 15) is 14.4 Å². The lowest BCUT2D eigenvalue weighted by Crippen LogP contribution is -2.52. The number of carbonyl (C=O) groups excluding carboxylic acids is 3. The molecular formula is C20H29ClN2O5. The van der Waals surface area contributed by atoms with Crippen molar-refractivity contribution in [3.05, 3.63) is 34.9 Å². The quantitative estimate of drug-likeness (QED) is 0.346. The van der Waals surface area contributed by atoms with Crippen molar-refractivity contribution in [2.24, 2.45) is 11.3 Å². The summed E-state index contributed by atoms with van der Waals surface area (Å²) in [5.41, 5.74) is 1.82. The van der Waals surface area contributed by atoms with Crippen molar-refractivity contribution in [3.63, 3.8) is 0 Å². The lowest BCUT2D eigenvalue weighted by Gasteiger charge is -2.32. The first-order chi connectivity index (χ1) is 13.0. The van der Waals surface area contributed by atoms with Crippen molar-refractivity contribution in [2.75, 3.05) is 7.11 Å². The van der Waals surface area contributed by atoms with Gasteiger partial charge in [0.05, 0.1) is 13.0 Å². The molecule has 0 bridgehead atoms. The fourth-order valence-electron chi connectivity index (χ4n) is 3.12. The summed E-state index contributed by atoms with van der Waals surface area (Å²) < 4.78 is 4.82. The van der Waals surface area contributed by atoms with Crippen LogP contribution in [-0.2, 0) is 19.1 Å². The first-order valence-electron chi connectivity index (χ1n) is 9.11. The van der Waals surface area contributed by atoms with Gasteiger partial charge in [0, 0.05) is 11.4 Å². The Bertz CT molecular complexity index is 685. The number of ether oxygens (including phenoxy) is 1. The maximum atomic E-state index is 13.1. The summed E-state index contributed by atoms with van der Waals surface area (Å²) in [5, 5.41) is 12.2. The Morgan fingerprint density at radius 1 is 1.18 bits per heavy atom. The first-order valence-corrected chi connectivity index (χ1v) is 9.49. The summed E-state index contributed by atoms with van der Waals surface area (Å²) in [6.07, 6.45) is 0.332. The van der Waals surface area contributed by atoms with Gasteiger partial charge in [-0.2, -0.15) is 0 Å². The molecule has 0 fully saturated rings. The SMILES string of the molecule is CC[C@@H](c1ccc(Cl)cc1)C(CC(=O)NO)C(=O)NC(C(=O)OC)C(C)(C)C. The topological polar surface area (TPSA) is 105 Å². The largest absolute Gasteiger partial charge is 0.467 e. The molecule has 3 atom stereocenters. The van der Waals surface area contributed by atoms with Gasteiger partial charge in [-0.1, -0.05) is 51.4 Å². The first kappa shape index (κ1) is 23.9. The molecule has 0 aliphatic rings. The minimum Gasteiger partial charge on any atom is -0.467 e. The van der Waals surface area contributed by atoms with E-state index in [4.69, 9.17) is 21.5 Å². The van der Waals surface area contributed by atoms with Crippen LogP contribution >= 0.6 is 11.6 Å². The predicted octanol–water partition coefficient (Wildman–Crippen LogP) is 3.05. The van der Waals surface area contributed by atoms with Gasteiger partial charge >= 0.3 is 5.97 Å². The lowest BCUT2D eigenvalue weighted by atomic mass is 9.80. The number of esters is 1. The van der Waals surface area contributed by atoms with Gasteiger partial charge in [-0.3, -0.25) is 14.8 Å². The van der Waals surface area contributed by atoms with Crippen LogP contribution in [0.3, 0.4) is 0 Å². The van der Waals surface area contributed by atoms with E-state index in [2.05, 4.69) is 5.32 Å². The van der Waals surface area contributed by atoms with Gasteiger partial charge in [-0.25, -0.2) is 10.3 Å². The minimum atomic E-state index is -0.882. The Labute approximate surface area is 170 Å². The number of carbonyl (C=O) groups is 3. The van der Waals surface area contributed by atoms with E-state index in [1.165, 1.54) is 7.11 Å². The molecule has 0 spiro atoms. The zero-order valence-electron chi connectivity index (χ0n) is 16.9. The van der Waals surface area contributed by atoms with E-state index in [-0.39, 0.29) is 12.3 Å². The van der Waals surface area contributed by atoms with Gasteiger partial charge in [0.2, 0.25) is 11.8 Å². The molecule has 2 amide bonds. The van der Waals surface area contributed by atoms with Gasteiger partial charge < -0.3 is 10.1 Å². The second-order valence-electron chi connectivity index (χ2n) is 7.74. The molecule has 0 aliphatic carbocycles. The lowest BCUT2D eigenvalue weighted by molar-refractivity contribution is -0.149. The Balaban J connectivity index is 3.23. The summed E-state index contributed by atoms with van der Waals surface area (Å²) in [4.78, 5) is 37.1. The standard InChI is InChI=1S/C20H29ClN2O5/c1-6-14(12-7-9-13(21)10-8-12)15(11-16(24)23-27)18(25)22-17(19(26)28-5)20(2,3)4/h7-10,14-15,17,27H,6,11H2,1-5H3,(H,22,25)(H,23,24)/t14-,15?,17?/m0/s1. The highest BCUT2D eigenvalue weighted by atomic mass is 35.5. The van der Waals surface area contributed by atoms with Crippen LogP contribution in [0.1, 0.15) is 52.0 Å². The number of benzene rings is 1. The van der Waals surface area contributed by atoms with E-state index in [1.807, 2.05) is 6.92 Å². The monoisotopic (exact) mass is 412 g/mol. The zero-order valence-corrected chi connectivity index (χ0v) is 17.7. The van der Waals surface area contributed by atoms with Gasteiger partial charge in [-0.05, 0) is 35.4 Å². The molecule has 0 aliphatic heterocycles. The van der Waals surface area contributed by atoms with Gasteiger partial charge in [0.15, 0.2) is 0 Å². The van der Waals surface area contributed by atoms with Crippen LogP contribution in [-0.4, -0.2) is 36.1 Å². The third-order valence-electron chi connectivity index (χ3n) is 4.68. The molecule has 0 heterocycles. The van der Waals surface area contributed by atoms with E-state index in [1.54, 1.807) is 50.5 Å². The molecule has 1 rings (SSSR count). The molecule has 1 aromatic carbocycles. The summed E-state index contributed by atoms with van der Waals surface area (Å²) in [7, 11) is 1.26. The van der Waals surface area contributed by atoms with E-state index >= 15 is 0 Å². The number of nitrogens with one attached hydrogen (secondary N) is 2. The second kappa shape index (κ2) is 10.4. The number of hydroxylamine groups is 1. The fraction of sp³-hybridized carbons (Fsp3) is 0.550. The molecule has 0 saturated carbocycles. The summed E-state index contributed by atoms with van der Waals surface area (Å²) in [6.45, 7) is 7.32. The van der Waals surface area contributed by atoms with Crippen molar-refractivity contribution in [1.29, 1.82) is 0 Å². The number of hydrogen-bond donors (Lipinski definition) is 3. The van der Waals surface area contributed by atoms with Crippen molar-refractivity contribution >= 4 is 29.4 Å². The molecule has 7 nitrogen and oxygen atoms in total. The zero-order chi connectivity index (χ0) is 21.5. The molecule has 0 aromatic heterocycles. The molecule has 1 aromatic rings. The third-order valence-corrected chi connectivity index (χ3v) is 4.93. The molecule has 0 saturated heterocycles. The van der Waals surface area contributed by atoms with E-state index in [0.29, 0.717) is 11.4 Å². The normalized spacial score (nSPS) is 14.5.